The van der Waals surface area contributed by atoms with Gasteiger partial charge in [0.2, 0.25) is 6.29 Å². The second kappa shape index (κ2) is 39.7. The van der Waals surface area contributed by atoms with Crippen LogP contribution in [0.25, 0.3) is 6.08 Å². The molecule has 12 fully saturated rings. The number of ether oxygens (including phenoxy) is 18. The summed E-state index contributed by atoms with van der Waals surface area (Å²) >= 11 is 0. The van der Waals surface area contributed by atoms with Crippen molar-refractivity contribution >= 4 is 18.0 Å². The molecular formula is C86H132O43. The molecule has 8 saturated heterocycles. The number of phenols is 1. The number of rotatable bonds is 25. The topological polar surface area (TPSA) is 666 Å². The van der Waals surface area contributed by atoms with E-state index >= 15 is 4.79 Å². The smallest absolute Gasteiger partial charge is 0.331 e. The van der Waals surface area contributed by atoms with Gasteiger partial charge in [-0.25, -0.2) is 4.79 Å². The van der Waals surface area contributed by atoms with E-state index in [1.54, 1.807) is 0 Å². The molecule has 8 aliphatic heterocycles. The van der Waals surface area contributed by atoms with Crippen LogP contribution < -0.4 is 4.74 Å². The quantitative estimate of drug-likeness (QED) is 0.0187. The molecule has 43 heteroatoms. The molecule has 43 nitrogen and oxygen atoms in total. The van der Waals surface area contributed by atoms with Gasteiger partial charge in [-0.3, -0.25) is 4.79 Å². The number of methoxy groups -OCH3 is 1. The Kier molecular flexibility index (Phi) is 31.0. The molecule has 8 heterocycles. The molecule has 14 rings (SSSR count). The number of carbonyl (C=O) groups excluding carboxylic acids is 2. The number of carbonyl (C=O) groups is 2. The fraction of sp³-hybridized carbons (Fsp3) is 0.860. The molecule has 734 valence electrons. The van der Waals surface area contributed by atoms with Crippen molar-refractivity contribution in [1.29, 1.82) is 0 Å². The van der Waals surface area contributed by atoms with Gasteiger partial charge in [-0.05, 0) is 141 Å². The first-order valence-corrected chi connectivity index (χ1v) is 44.4. The Bertz CT molecular complexity index is 4000. The van der Waals surface area contributed by atoms with Crippen LogP contribution in [0.1, 0.15) is 125 Å². The van der Waals surface area contributed by atoms with E-state index in [1.165, 1.54) is 45.2 Å². The summed E-state index contributed by atoms with van der Waals surface area (Å²) in [6.45, 7) is 11.0. The molecule has 0 unspecified atom stereocenters. The predicted octanol–water partition coefficient (Wildman–Crippen LogP) is -6.45. The number of esters is 2. The van der Waals surface area contributed by atoms with Crippen LogP contribution in [0.4, 0.5) is 0 Å². The molecule has 0 aromatic heterocycles. The first kappa shape index (κ1) is 101. The van der Waals surface area contributed by atoms with E-state index in [9.17, 15) is 122 Å². The molecule has 1 aromatic carbocycles. The van der Waals surface area contributed by atoms with E-state index in [0.717, 1.165) is 11.6 Å². The lowest BCUT2D eigenvalue weighted by Gasteiger charge is -2.71. The van der Waals surface area contributed by atoms with E-state index in [1.807, 2.05) is 6.92 Å². The van der Waals surface area contributed by atoms with Crippen LogP contribution in [0.15, 0.2) is 35.9 Å². The van der Waals surface area contributed by atoms with Crippen molar-refractivity contribution in [3.63, 3.8) is 0 Å². The number of aliphatic hydroxyl groups excluding tert-OH is 22. The summed E-state index contributed by atoms with van der Waals surface area (Å²) in [6.07, 6.45) is -58.1. The monoisotopic (exact) mass is 1850 g/mol. The van der Waals surface area contributed by atoms with Gasteiger partial charge < -0.3 is 203 Å². The highest BCUT2D eigenvalue weighted by atomic mass is 16.8. The highest BCUT2D eigenvalue weighted by Gasteiger charge is 2.72. The van der Waals surface area contributed by atoms with Crippen LogP contribution in [0, 0.1) is 50.2 Å². The van der Waals surface area contributed by atoms with E-state index in [4.69, 9.17) is 85.3 Å². The summed E-state index contributed by atoms with van der Waals surface area (Å²) in [5.74, 6) is -2.51. The van der Waals surface area contributed by atoms with Gasteiger partial charge in [-0.1, -0.05) is 59.3 Å². The van der Waals surface area contributed by atoms with Crippen LogP contribution in [0.2, 0.25) is 0 Å². The highest BCUT2D eigenvalue weighted by Crippen LogP contribution is 2.76. The van der Waals surface area contributed by atoms with Gasteiger partial charge in [0.25, 0.3) is 0 Å². The van der Waals surface area contributed by atoms with Crippen LogP contribution >= 0.6 is 0 Å². The Balaban J connectivity index is 0.600. The summed E-state index contributed by atoms with van der Waals surface area (Å²) in [7, 11) is 1.34. The Labute approximate surface area is 743 Å². The number of hydrogen-bond acceptors (Lipinski definition) is 43. The lowest BCUT2D eigenvalue weighted by Crippen LogP contribution is -2.67. The van der Waals surface area contributed by atoms with E-state index in [2.05, 4.69) is 40.7 Å². The number of hydrogen-bond donors (Lipinski definition) is 23. The first-order valence-electron chi connectivity index (χ1n) is 44.4. The standard InChI is InChI=1S/C86H132O43/c1-33-50(94)56(100)62(106)74(116-33)125-67-42(27-88)119-72(64(108)59(67)103)114-30-44-54(98)57(101)63(107)76(122-44)129-80(111)86-22-20-81(3,4)25-37(86)36-12-14-47-82(5)18-17-48(83(6,32-90)46(82)16-19-85(47,8)84(36,7)21-23-86)123-78-70(52(96)39(92)29-113-78)128-77-66(110)69(51(95)34(2)117-77)127-73-61(105)55(99)45(31-115-73)121-75-65(109)60(104)68(43(28-89)120-75)126-79-71(58(102)53(97)41(26-87)118-79)124-49(93)15-11-35-10-13-40(112-9)38(91)24-35/h10-13,15,24,33-34,37,39,41-48,50-79,87-92,94-110H,14,16-23,25-32H2,1-9H3/b15-11+/t33-,34-,37-,39-,41+,42+,43+,44+,45+,46+,47+,48-,50-,51-,52-,53+,54+,55+,56+,57-,58-,59+,60+,61+,62+,63+,64+,65+,66+,67+,68+,69+,70+,71+,72+,73-,74-,75-,76-,77-,78-,79-,82-,83-,84+,85+,86-/m0/s1. The SMILES string of the molecule is COc1ccc(/C=C/C(=O)O[C@H]2[C@H](O[C@H]3[C@H](O)[C@@H](O)[C@H](O[C@@H]4CO[C@@H](O[C@@H]5[C@@H](O)[C@H](C)O[C@@H](O[C@H]6[C@H](O[C@H]7CC[C@@]8(C)[C@@H](CC[C@]9(C)[C@@H]8CC=C8[C@@H]%10CC(C)(C)CC[C@]%10(C(=O)O[C@@H]%10O[C@H](CO[C@@H]%11O[C@H](CO)[C@@H](O[C@@H]%12O[C@@H](C)[C@H](O)[C@@H](O)[C@H]%12O)[C@H](O)[C@H]%11O)[C@@H](O)[C@H](O)[C@H]%10O)CC[C@]89C)[C@]7(C)CO)OC[C@H](O)[C@@H]6O)[C@@H]5O)[C@H](O)[C@@H]4O)O[C@@H]3CO)O[C@H](CO)[C@@H](O)[C@@H]2O)cc1O. The fourth-order valence-electron chi connectivity index (χ4n) is 22.9. The van der Waals surface area contributed by atoms with Gasteiger partial charge in [-0.2, -0.15) is 0 Å². The van der Waals surface area contributed by atoms with Crippen molar-refractivity contribution in [2.24, 2.45) is 50.2 Å². The Morgan fingerprint density at radius 2 is 1.02 bits per heavy atom. The maximum Gasteiger partial charge on any atom is 0.331 e. The van der Waals surface area contributed by atoms with Crippen molar-refractivity contribution in [2.75, 3.05) is 53.4 Å². The number of benzene rings is 1. The number of allylic oxidation sites excluding steroid dienone is 2. The van der Waals surface area contributed by atoms with Gasteiger partial charge in [0.15, 0.2) is 61.6 Å². The Morgan fingerprint density at radius 1 is 0.473 bits per heavy atom. The molecule has 4 saturated carbocycles. The summed E-state index contributed by atoms with van der Waals surface area (Å²) < 4.78 is 106. The maximum absolute atomic E-state index is 15.5. The zero-order valence-corrected chi connectivity index (χ0v) is 73.2. The molecule has 23 N–H and O–H groups in total. The summed E-state index contributed by atoms with van der Waals surface area (Å²) in [5, 5.41) is 256. The molecule has 0 bridgehead atoms. The highest BCUT2D eigenvalue weighted by molar-refractivity contribution is 5.87. The summed E-state index contributed by atoms with van der Waals surface area (Å²) in [4.78, 5) is 28.6. The molecule has 0 amide bonds. The minimum Gasteiger partial charge on any atom is -0.504 e. The summed E-state index contributed by atoms with van der Waals surface area (Å²) in [6, 6.07) is 4.19. The Morgan fingerprint density at radius 3 is 1.68 bits per heavy atom. The minimum absolute atomic E-state index is 0.000731. The number of phenolic OH excluding ortho intramolecular Hbond substituents is 1. The third-order valence-corrected chi connectivity index (χ3v) is 31.0. The second-order valence-electron chi connectivity index (χ2n) is 39.1. The van der Waals surface area contributed by atoms with Crippen molar-refractivity contribution in [2.45, 2.75) is 359 Å². The van der Waals surface area contributed by atoms with Gasteiger partial charge >= 0.3 is 11.9 Å². The van der Waals surface area contributed by atoms with Crippen molar-refractivity contribution < 1.29 is 212 Å². The second-order valence-corrected chi connectivity index (χ2v) is 39.1. The van der Waals surface area contributed by atoms with E-state index in [-0.39, 0.29) is 41.3 Å². The van der Waals surface area contributed by atoms with Gasteiger partial charge in [0.05, 0.1) is 77.1 Å². The predicted molar refractivity (Wildman–Crippen MR) is 427 cm³/mol. The van der Waals surface area contributed by atoms with Gasteiger partial charge in [-0.15, -0.1) is 0 Å². The average Bonchev–Trinajstić information content (AvgIpc) is 0.672. The molecule has 1 aromatic rings. The van der Waals surface area contributed by atoms with E-state index < -0.39 is 318 Å². The lowest BCUT2D eigenvalue weighted by atomic mass is 9.33. The largest absolute Gasteiger partial charge is 0.504 e. The Hall–Kier alpha value is -4.24. The van der Waals surface area contributed by atoms with Crippen LogP contribution in [0.3, 0.4) is 0 Å². The third kappa shape index (κ3) is 18.8. The number of aromatic hydroxyl groups is 1. The molecule has 47 atom stereocenters. The normalized spacial score (nSPS) is 50.7. The van der Waals surface area contributed by atoms with E-state index in [0.29, 0.717) is 69.8 Å². The molecular weight excluding hydrogens is 1720 g/mol. The molecule has 5 aliphatic carbocycles. The fourth-order valence-corrected chi connectivity index (χ4v) is 22.9. The molecule has 0 spiro atoms. The first-order chi connectivity index (χ1) is 60.9. The lowest BCUT2D eigenvalue weighted by molar-refractivity contribution is -0.386. The maximum atomic E-state index is 15.5. The summed E-state index contributed by atoms with van der Waals surface area (Å²) in [5.41, 5.74) is -2.39. The zero-order valence-electron chi connectivity index (χ0n) is 73.2. The number of fused-ring (bicyclic) bond motifs is 7. The molecule has 129 heavy (non-hydrogen) atoms. The van der Waals surface area contributed by atoms with Crippen LogP contribution in [-0.4, -0.2) is 422 Å². The van der Waals surface area contributed by atoms with Crippen molar-refractivity contribution in [3.8, 4) is 11.5 Å². The molecule has 0 radical (unpaired) electrons. The van der Waals surface area contributed by atoms with Gasteiger partial charge in [0.1, 0.15) is 165 Å². The number of aliphatic hydroxyl groups is 22. The minimum atomic E-state index is -2.12. The van der Waals surface area contributed by atoms with Crippen molar-refractivity contribution in [1.82, 2.24) is 0 Å². The average molecular weight is 1850 g/mol. The van der Waals surface area contributed by atoms with Crippen molar-refractivity contribution in [3.05, 3.63) is 41.5 Å². The molecule has 13 aliphatic rings. The van der Waals surface area contributed by atoms with Crippen LogP contribution in [0.5, 0.6) is 11.5 Å². The van der Waals surface area contributed by atoms with Crippen LogP contribution in [-0.2, 0) is 90.1 Å². The third-order valence-electron chi connectivity index (χ3n) is 31.0. The van der Waals surface area contributed by atoms with Gasteiger partial charge in [0, 0.05) is 11.5 Å². The zero-order chi connectivity index (χ0) is 93.7.